The van der Waals surface area contributed by atoms with Gasteiger partial charge in [-0.15, -0.1) is 0 Å². The third-order valence-corrected chi connectivity index (χ3v) is 4.03. The Bertz CT molecular complexity index is 443. The molecule has 0 aromatic heterocycles. The minimum Gasteiger partial charge on any atom is -0.478 e. The van der Waals surface area contributed by atoms with E-state index in [-0.39, 0.29) is 23.5 Å². The number of ketones is 1. The molecule has 0 spiro atoms. The highest BCUT2D eigenvalue weighted by Gasteiger charge is 2.44. The normalized spacial score (nSPS) is 31.1. The van der Waals surface area contributed by atoms with Gasteiger partial charge in [0, 0.05) is 17.4 Å². The molecule has 2 rings (SSSR count). The van der Waals surface area contributed by atoms with Crippen molar-refractivity contribution in [2.24, 2.45) is 23.7 Å². The third-order valence-electron chi connectivity index (χ3n) is 4.03. The summed E-state index contributed by atoms with van der Waals surface area (Å²) in [5, 5.41) is 9.26. The number of aliphatic carboxylic acids is 1. The zero-order chi connectivity index (χ0) is 13.4. The Balaban J connectivity index is 2.35. The van der Waals surface area contributed by atoms with Crippen LogP contribution in [0, 0.1) is 23.7 Å². The van der Waals surface area contributed by atoms with Crippen molar-refractivity contribution in [3.8, 4) is 0 Å². The number of carboxylic acids is 1. The summed E-state index contributed by atoms with van der Waals surface area (Å²) in [7, 11) is 0. The summed E-state index contributed by atoms with van der Waals surface area (Å²) in [5.74, 6) is -0.374. The van der Waals surface area contributed by atoms with E-state index in [0.717, 1.165) is 18.4 Å². The summed E-state index contributed by atoms with van der Waals surface area (Å²) >= 11 is 0. The van der Waals surface area contributed by atoms with Crippen LogP contribution in [0.1, 0.15) is 33.6 Å². The van der Waals surface area contributed by atoms with Gasteiger partial charge in [-0.05, 0) is 37.2 Å². The molecule has 18 heavy (non-hydrogen) atoms. The van der Waals surface area contributed by atoms with Crippen molar-refractivity contribution < 1.29 is 14.7 Å². The van der Waals surface area contributed by atoms with E-state index in [2.05, 4.69) is 13.8 Å². The average Bonchev–Trinajstić information content (AvgIpc) is 2.67. The van der Waals surface area contributed by atoms with Crippen molar-refractivity contribution in [2.75, 3.05) is 0 Å². The van der Waals surface area contributed by atoms with Crippen LogP contribution in [-0.2, 0) is 9.59 Å². The monoisotopic (exact) mass is 248 g/mol. The number of Topliss-reactive ketones (excluding diaryl/α,β-unsaturated/α-hetero) is 1. The number of fused-ring (bicyclic) bond motifs is 1. The molecule has 3 nitrogen and oxygen atoms in total. The zero-order valence-corrected chi connectivity index (χ0v) is 11.1. The first-order valence-electron chi connectivity index (χ1n) is 6.57. The summed E-state index contributed by atoms with van der Waals surface area (Å²) in [6.45, 7) is 6.01. The van der Waals surface area contributed by atoms with E-state index < -0.39 is 5.97 Å². The first-order chi connectivity index (χ1) is 8.41. The standard InChI is InChI=1S/C15H20O3/c1-8(2)6-12-13-10(7-9(3)14(12)16)4-5-11(13)15(17)18/h5,7-8,10,12-13H,4,6H2,1-3H3,(H,17,18)/t10-,12+,13-/m1/s1. The number of hydrogen-bond acceptors (Lipinski definition) is 2. The van der Waals surface area contributed by atoms with Crippen molar-refractivity contribution in [3.05, 3.63) is 23.3 Å². The minimum absolute atomic E-state index is 0.110. The van der Waals surface area contributed by atoms with E-state index >= 15 is 0 Å². The second kappa shape index (κ2) is 4.71. The quantitative estimate of drug-likeness (QED) is 0.835. The second-order valence-electron chi connectivity index (χ2n) is 5.84. The summed E-state index contributed by atoms with van der Waals surface area (Å²) < 4.78 is 0. The van der Waals surface area contributed by atoms with Gasteiger partial charge in [0.1, 0.15) is 0 Å². The van der Waals surface area contributed by atoms with Crippen molar-refractivity contribution in [1.29, 1.82) is 0 Å². The Morgan fingerprint density at radius 2 is 2.17 bits per heavy atom. The van der Waals surface area contributed by atoms with Gasteiger partial charge in [-0.2, -0.15) is 0 Å². The minimum atomic E-state index is -0.864. The molecule has 0 fully saturated rings. The predicted molar refractivity (Wildman–Crippen MR) is 69.0 cm³/mol. The lowest BCUT2D eigenvalue weighted by Gasteiger charge is -2.33. The SMILES string of the molecule is CC1=C[C@H]2CC=C(C(=O)O)[C@@H]2[C@H](CC(C)C)C1=O. The molecule has 0 aromatic rings. The van der Waals surface area contributed by atoms with Crippen molar-refractivity contribution >= 4 is 11.8 Å². The van der Waals surface area contributed by atoms with E-state index in [9.17, 15) is 14.7 Å². The Hall–Kier alpha value is -1.38. The van der Waals surface area contributed by atoms with Crippen LogP contribution in [0.3, 0.4) is 0 Å². The van der Waals surface area contributed by atoms with Gasteiger partial charge in [0.25, 0.3) is 0 Å². The maximum Gasteiger partial charge on any atom is 0.331 e. The maximum atomic E-state index is 12.3. The Kier molecular flexibility index (Phi) is 3.42. The fourth-order valence-electron chi connectivity index (χ4n) is 3.31. The first-order valence-corrected chi connectivity index (χ1v) is 6.57. The average molecular weight is 248 g/mol. The molecule has 2 aliphatic carbocycles. The zero-order valence-electron chi connectivity index (χ0n) is 11.1. The molecule has 0 amide bonds. The smallest absolute Gasteiger partial charge is 0.331 e. The van der Waals surface area contributed by atoms with E-state index in [4.69, 9.17) is 0 Å². The molecule has 0 heterocycles. The lowest BCUT2D eigenvalue weighted by atomic mass is 9.69. The van der Waals surface area contributed by atoms with Crippen LogP contribution < -0.4 is 0 Å². The van der Waals surface area contributed by atoms with Crippen LogP contribution in [0.25, 0.3) is 0 Å². The number of carbonyl (C=O) groups is 2. The van der Waals surface area contributed by atoms with E-state index in [1.54, 1.807) is 6.08 Å². The maximum absolute atomic E-state index is 12.3. The summed E-state index contributed by atoms with van der Waals surface area (Å²) in [4.78, 5) is 23.6. The second-order valence-corrected chi connectivity index (χ2v) is 5.84. The summed E-state index contributed by atoms with van der Waals surface area (Å²) in [6, 6.07) is 0. The number of rotatable bonds is 3. The van der Waals surface area contributed by atoms with Crippen LogP contribution in [0.15, 0.2) is 23.3 Å². The molecule has 98 valence electrons. The molecule has 0 unspecified atom stereocenters. The van der Waals surface area contributed by atoms with Crippen LogP contribution >= 0.6 is 0 Å². The van der Waals surface area contributed by atoms with E-state index in [1.165, 1.54) is 0 Å². The van der Waals surface area contributed by atoms with Gasteiger partial charge in [0.2, 0.25) is 0 Å². The lowest BCUT2D eigenvalue weighted by molar-refractivity contribution is -0.133. The summed E-state index contributed by atoms with van der Waals surface area (Å²) in [5.41, 5.74) is 1.25. The van der Waals surface area contributed by atoms with Crippen LogP contribution in [0.5, 0.6) is 0 Å². The molecule has 0 aliphatic heterocycles. The highest BCUT2D eigenvalue weighted by atomic mass is 16.4. The van der Waals surface area contributed by atoms with Gasteiger partial charge < -0.3 is 5.11 Å². The number of carboxylic acid groups (broad SMARTS) is 1. The first kappa shape index (κ1) is 13.1. The fourth-order valence-corrected chi connectivity index (χ4v) is 3.31. The molecule has 0 aromatic carbocycles. The van der Waals surface area contributed by atoms with Crippen LogP contribution in [-0.4, -0.2) is 16.9 Å². The fraction of sp³-hybridized carbons (Fsp3) is 0.600. The van der Waals surface area contributed by atoms with E-state index in [0.29, 0.717) is 11.5 Å². The van der Waals surface area contributed by atoms with Crippen molar-refractivity contribution in [3.63, 3.8) is 0 Å². The van der Waals surface area contributed by atoms with Gasteiger partial charge in [-0.3, -0.25) is 4.79 Å². The van der Waals surface area contributed by atoms with Gasteiger partial charge in [-0.1, -0.05) is 26.0 Å². The Labute approximate surface area is 108 Å². The predicted octanol–water partition coefficient (Wildman–Crippen LogP) is 2.82. The molecule has 3 atom stereocenters. The molecule has 0 saturated carbocycles. The summed E-state index contributed by atoms with van der Waals surface area (Å²) in [6.07, 6.45) is 5.30. The molecule has 0 saturated heterocycles. The highest BCUT2D eigenvalue weighted by molar-refractivity contribution is 6.00. The molecule has 0 radical (unpaired) electrons. The molecule has 2 aliphatic rings. The molecule has 3 heteroatoms. The van der Waals surface area contributed by atoms with Crippen molar-refractivity contribution in [2.45, 2.75) is 33.6 Å². The van der Waals surface area contributed by atoms with Crippen LogP contribution in [0.4, 0.5) is 0 Å². The highest BCUT2D eigenvalue weighted by Crippen LogP contribution is 2.45. The number of carbonyl (C=O) groups excluding carboxylic acids is 1. The lowest BCUT2D eigenvalue weighted by Crippen LogP contribution is -2.35. The van der Waals surface area contributed by atoms with E-state index in [1.807, 2.05) is 13.0 Å². The molecular weight excluding hydrogens is 228 g/mol. The molecular formula is C15H20O3. The van der Waals surface area contributed by atoms with Gasteiger partial charge in [-0.25, -0.2) is 4.79 Å². The third kappa shape index (κ3) is 2.14. The topological polar surface area (TPSA) is 54.4 Å². The molecule has 1 N–H and O–H groups in total. The largest absolute Gasteiger partial charge is 0.478 e. The Morgan fingerprint density at radius 1 is 1.50 bits per heavy atom. The van der Waals surface area contributed by atoms with Gasteiger partial charge in [0.05, 0.1) is 0 Å². The van der Waals surface area contributed by atoms with Crippen molar-refractivity contribution in [1.82, 2.24) is 0 Å². The number of hydrogen-bond donors (Lipinski definition) is 1. The van der Waals surface area contributed by atoms with Gasteiger partial charge >= 0.3 is 5.97 Å². The molecule has 0 bridgehead atoms. The van der Waals surface area contributed by atoms with Gasteiger partial charge in [0.15, 0.2) is 5.78 Å². The Morgan fingerprint density at radius 3 is 2.72 bits per heavy atom. The number of allylic oxidation sites excluding steroid dienone is 3. The van der Waals surface area contributed by atoms with Crippen LogP contribution in [0.2, 0.25) is 0 Å².